The van der Waals surface area contributed by atoms with Crippen LogP contribution in [0.15, 0.2) is 10.6 Å². The zero-order chi connectivity index (χ0) is 9.14. The van der Waals surface area contributed by atoms with Gasteiger partial charge in [-0.05, 0) is 0 Å². The molecular formula is C6H4ClNO4. The lowest BCUT2D eigenvalue weighted by molar-refractivity contribution is -0.135. The SMILES string of the molecule is COC(=O)C(=O)c1cc(Cl)no1. The molecule has 5 nitrogen and oxygen atoms in total. The van der Waals surface area contributed by atoms with E-state index in [2.05, 4.69) is 14.4 Å². The van der Waals surface area contributed by atoms with E-state index in [4.69, 9.17) is 11.6 Å². The van der Waals surface area contributed by atoms with Crippen LogP contribution in [0.25, 0.3) is 0 Å². The lowest BCUT2D eigenvalue weighted by atomic mass is 10.3. The van der Waals surface area contributed by atoms with Gasteiger partial charge < -0.3 is 9.26 Å². The molecule has 0 atom stereocenters. The number of ketones is 1. The number of esters is 1. The van der Waals surface area contributed by atoms with Gasteiger partial charge in [-0.25, -0.2) is 4.79 Å². The van der Waals surface area contributed by atoms with E-state index in [0.717, 1.165) is 13.2 Å². The molecule has 0 unspecified atom stereocenters. The predicted octanol–water partition coefficient (Wildman–Crippen LogP) is 0.684. The fraction of sp³-hybridized carbons (Fsp3) is 0.167. The lowest BCUT2D eigenvalue weighted by Gasteiger charge is -1.91. The maximum Gasteiger partial charge on any atom is 0.382 e. The summed E-state index contributed by atoms with van der Waals surface area (Å²) in [4.78, 5) is 21.5. The van der Waals surface area contributed by atoms with Crippen LogP contribution in [0, 0.1) is 0 Å². The van der Waals surface area contributed by atoms with Crippen molar-refractivity contribution in [2.75, 3.05) is 7.11 Å². The van der Waals surface area contributed by atoms with Gasteiger partial charge in [0.05, 0.1) is 7.11 Å². The third kappa shape index (κ3) is 1.62. The first-order valence-corrected chi connectivity index (χ1v) is 3.28. The zero-order valence-corrected chi connectivity index (χ0v) is 6.79. The van der Waals surface area contributed by atoms with Crippen LogP contribution in [0.2, 0.25) is 5.15 Å². The predicted molar refractivity (Wildman–Crippen MR) is 37.9 cm³/mol. The van der Waals surface area contributed by atoms with E-state index in [1.165, 1.54) is 0 Å². The summed E-state index contributed by atoms with van der Waals surface area (Å²) in [6, 6.07) is 1.14. The summed E-state index contributed by atoms with van der Waals surface area (Å²) in [5.41, 5.74) is 0. The minimum atomic E-state index is -1.01. The number of carbonyl (C=O) groups excluding carboxylic acids is 2. The molecule has 0 saturated heterocycles. The molecule has 0 aliphatic heterocycles. The highest BCUT2D eigenvalue weighted by Crippen LogP contribution is 2.09. The summed E-state index contributed by atoms with van der Waals surface area (Å²) in [7, 11) is 1.10. The maximum atomic E-state index is 10.9. The van der Waals surface area contributed by atoms with E-state index in [1.807, 2.05) is 0 Å². The Bertz CT molecular complexity index is 319. The van der Waals surface area contributed by atoms with Crippen LogP contribution in [-0.4, -0.2) is 24.0 Å². The molecule has 6 heteroatoms. The highest BCUT2D eigenvalue weighted by molar-refractivity contribution is 6.40. The van der Waals surface area contributed by atoms with Gasteiger partial charge in [0, 0.05) is 6.07 Å². The summed E-state index contributed by atoms with van der Waals surface area (Å²) in [6.07, 6.45) is 0. The zero-order valence-electron chi connectivity index (χ0n) is 6.04. The van der Waals surface area contributed by atoms with Crippen molar-refractivity contribution in [1.29, 1.82) is 0 Å². The number of methoxy groups -OCH3 is 1. The van der Waals surface area contributed by atoms with Gasteiger partial charge in [-0.3, -0.25) is 4.79 Å². The first kappa shape index (κ1) is 8.73. The van der Waals surface area contributed by atoms with Gasteiger partial charge in [-0.15, -0.1) is 0 Å². The van der Waals surface area contributed by atoms with E-state index in [9.17, 15) is 9.59 Å². The van der Waals surface area contributed by atoms with Crippen molar-refractivity contribution in [3.05, 3.63) is 17.0 Å². The van der Waals surface area contributed by atoms with Crippen molar-refractivity contribution in [1.82, 2.24) is 5.16 Å². The average molecular weight is 190 g/mol. The Kier molecular flexibility index (Phi) is 2.44. The minimum Gasteiger partial charge on any atom is -0.463 e. The number of rotatable bonds is 2. The molecule has 0 fully saturated rings. The number of nitrogens with zero attached hydrogens (tertiary/aromatic N) is 1. The molecule has 64 valence electrons. The van der Waals surface area contributed by atoms with Gasteiger partial charge in [0.1, 0.15) is 0 Å². The second kappa shape index (κ2) is 3.36. The highest BCUT2D eigenvalue weighted by Gasteiger charge is 2.21. The highest BCUT2D eigenvalue weighted by atomic mass is 35.5. The molecule has 12 heavy (non-hydrogen) atoms. The lowest BCUT2D eigenvalue weighted by Crippen LogP contribution is -2.14. The number of carbonyl (C=O) groups is 2. The largest absolute Gasteiger partial charge is 0.463 e. The summed E-state index contributed by atoms with van der Waals surface area (Å²) in [5, 5.41) is 3.23. The first-order valence-electron chi connectivity index (χ1n) is 2.90. The Hall–Kier alpha value is -1.36. The van der Waals surface area contributed by atoms with Gasteiger partial charge in [0.25, 0.3) is 0 Å². The van der Waals surface area contributed by atoms with Crippen LogP contribution >= 0.6 is 11.6 Å². The molecule has 1 aromatic heterocycles. The Morgan fingerprint density at radius 3 is 2.75 bits per heavy atom. The van der Waals surface area contributed by atoms with Gasteiger partial charge in [0.2, 0.25) is 5.76 Å². The van der Waals surface area contributed by atoms with Gasteiger partial charge in [-0.1, -0.05) is 16.8 Å². The number of aromatic nitrogens is 1. The second-order valence-corrected chi connectivity index (χ2v) is 2.22. The third-order valence-electron chi connectivity index (χ3n) is 1.08. The molecule has 0 aromatic carbocycles. The summed E-state index contributed by atoms with van der Waals surface area (Å²) < 4.78 is 8.57. The Labute approximate surface area is 72.2 Å². The first-order chi connectivity index (χ1) is 5.65. The quantitative estimate of drug-likeness (QED) is 0.389. The molecule has 0 saturated carbocycles. The van der Waals surface area contributed by atoms with Crippen LogP contribution < -0.4 is 0 Å². The summed E-state index contributed by atoms with van der Waals surface area (Å²) in [5.74, 6) is -2.15. The average Bonchev–Trinajstić information content (AvgIpc) is 2.49. The van der Waals surface area contributed by atoms with Crippen molar-refractivity contribution < 1.29 is 18.8 Å². The van der Waals surface area contributed by atoms with Crippen molar-refractivity contribution >= 4 is 23.4 Å². The number of Topliss-reactive ketones (excluding diaryl/α,β-unsaturated/α-hetero) is 1. The Morgan fingerprint density at radius 2 is 2.33 bits per heavy atom. The summed E-state index contributed by atoms with van der Waals surface area (Å²) in [6.45, 7) is 0. The normalized spacial score (nSPS) is 9.50. The van der Waals surface area contributed by atoms with Gasteiger partial charge in [0.15, 0.2) is 5.15 Å². The molecule has 0 spiro atoms. The van der Waals surface area contributed by atoms with Crippen molar-refractivity contribution in [2.24, 2.45) is 0 Å². The van der Waals surface area contributed by atoms with Crippen LogP contribution in [0.1, 0.15) is 10.6 Å². The number of halogens is 1. The molecule has 0 aliphatic carbocycles. The smallest absolute Gasteiger partial charge is 0.382 e. The number of ether oxygens (including phenoxy) is 1. The Balaban J connectivity index is 2.85. The molecule has 1 aromatic rings. The van der Waals surface area contributed by atoms with Crippen molar-refractivity contribution in [2.45, 2.75) is 0 Å². The van der Waals surface area contributed by atoms with E-state index in [1.54, 1.807) is 0 Å². The number of hydrogen-bond donors (Lipinski definition) is 0. The van der Waals surface area contributed by atoms with Gasteiger partial charge in [-0.2, -0.15) is 0 Å². The summed E-state index contributed by atoms with van der Waals surface area (Å²) >= 11 is 5.34. The molecular weight excluding hydrogens is 186 g/mol. The molecule has 0 N–H and O–H groups in total. The minimum absolute atomic E-state index is 0.0160. The molecule has 0 bridgehead atoms. The molecule has 1 heterocycles. The van der Waals surface area contributed by atoms with Crippen molar-refractivity contribution in [3.8, 4) is 0 Å². The van der Waals surface area contributed by atoms with Crippen molar-refractivity contribution in [3.63, 3.8) is 0 Å². The molecule has 0 aliphatic rings. The van der Waals surface area contributed by atoms with E-state index in [-0.39, 0.29) is 10.9 Å². The van der Waals surface area contributed by atoms with Crippen LogP contribution in [0.5, 0.6) is 0 Å². The monoisotopic (exact) mass is 189 g/mol. The Morgan fingerprint density at radius 1 is 1.67 bits per heavy atom. The van der Waals surface area contributed by atoms with Crippen LogP contribution in [0.3, 0.4) is 0 Å². The number of hydrogen-bond acceptors (Lipinski definition) is 5. The van der Waals surface area contributed by atoms with E-state index in [0.29, 0.717) is 0 Å². The van der Waals surface area contributed by atoms with Gasteiger partial charge >= 0.3 is 11.8 Å². The maximum absolute atomic E-state index is 10.9. The third-order valence-corrected chi connectivity index (χ3v) is 1.25. The topological polar surface area (TPSA) is 69.4 Å². The van der Waals surface area contributed by atoms with E-state index < -0.39 is 11.8 Å². The van der Waals surface area contributed by atoms with E-state index >= 15 is 0 Å². The standard InChI is InChI=1S/C6H4ClNO4/c1-11-6(10)5(9)3-2-4(7)8-12-3/h2H,1H3. The second-order valence-electron chi connectivity index (χ2n) is 1.83. The van der Waals surface area contributed by atoms with Crippen LogP contribution in [-0.2, 0) is 9.53 Å². The fourth-order valence-corrected chi connectivity index (χ4v) is 0.688. The molecule has 0 amide bonds. The fourth-order valence-electron chi connectivity index (χ4n) is 0.554. The molecule has 1 rings (SSSR count). The van der Waals surface area contributed by atoms with Crippen LogP contribution in [0.4, 0.5) is 0 Å². The molecule has 0 radical (unpaired) electrons.